The van der Waals surface area contributed by atoms with Crippen LogP contribution < -0.4 is 5.32 Å². The molecule has 0 spiro atoms. The van der Waals surface area contributed by atoms with Crippen LogP contribution in [0.15, 0.2) is 18.2 Å². The predicted octanol–water partition coefficient (Wildman–Crippen LogP) is 2.36. The zero-order chi connectivity index (χ0) is 13.5. The first kappa shape index (κ1) is 15.1. The van der Waals surface area contributed by atoms with Gasteiger partial charge in [0.05, 0.1) is 0 Å². The molecule has 0 bridgehead atoms. The molecule has 2 nitrogen and oxygen atoms in total. The third-order valence-electron chi connectivity index (χ3n) is 3.16. The van der Waals surface area contributed by atoms with Gasteiger partial charge in [-0.25, -0.2) is 8.78 Å². The van der Waals surface area contributed by atoms with E-state index in [0.29, 0.717) is 18.9 Å². The number of nitrogens with one attached hydrogen (secondary N) is 1. The van der Waals surface area contributed by atoms with Crippen molar-refractivity contribution in [2.75, 3.05) is 19.7 Å². The number of aliphatic hydroxyl groups excluding tert-OH is 1. The summed E-state index contributed by atoms with van der Waals surface area (Å²) < 4.78 is 25.7. The molecule has 2 N–H and O–H groups in total. The van der Waals surface area contributed by atoms with Crippen LogP contribution in [0.25, 0.3) is 0 Å². The zero-order valence-corrected chi connectivity index (χ0v) is 10.9. The van der Waals surface area contributed by atoms with Gasteiger partial charge in [0.25, 0.3) is 0 Å². The highest BCUT2D eigenvalue weighted by Gasteiger charge is 2.11. The van der Waals surface area contributed by atoms with Gasteiger partial charge in [-0.05, 0) is 42.5 Å². The lowest BCUT2D eigenvalue weighted by molar-refractivity contribution is 0.186. The van der Waals surface area contributed by atoms with Crippen LogP contribution >= 0.6 is 0 Å². The van der Waals surface area contributed by atoms with E-state index >= 15 is 0 Å². The molecular formula is C14H21F2NO. The summed E-state index contributed by atoms with van der Waals surface area (Å²) in [5.74, 6) is -0.963. The molecule has 0 aliphatic rings. The van der Waals surface area contributed by atoms with Crippen LogP contribution in [0.1, 0.15) is 19.4 Å². The van der Waals surface area contributed by atoms with Crippen molar-refractivity contribution in [2.45, 2.75) is 20.3 Å². The highest BCUT2D eigenvalue weighted by Crippen LogP contribution is 2.10. The van der Waals surface area contributed by atoms with E-state index in [4.69, 9.17) is 5.11 Å². The van der Waals surface area contributed by atoms with Gasteiger partial charge in [0.2, 0.25) is 0 Å². The molecule has 4 heteroatoms. The predicted molar refractivity (Wildman–Crippen MR) is 68.3 cm³/mol. The first-order valence-corrected chi connectivity index (χ1v) is 6.30. The van der Waals surface area contributed by atoms with Crippen LogP contribution in [0, 0.1) is 23.5 Å². The van der Waals surface area contributed by atoms with Gasteiger partial charge in [-0.1, -0.05) is 19.9 Å². The molecule has 1 atom stereocenters. The second-order valence-electron chi connectivity index (χ2n) is 4.89. The lowest BCUT2D eigenvalue weighted by atomic mass is 9.97. The fraction of sp³-hybridized carbons (Fsp3) is 0.571. The molecule has 1 aromatic rings. The molecule has 1 rings (SSSR count). The second kappa shape index (κ2) is 7.44. The lowest BCUT2D eigenvalue weighted by Gasteiger charge is -2.18. The number of halogens is 2. The van der Waals surface area contributed by atoms with Gasteiger partial charge < -0.3 is 10.4 Å². The molecule has 0 aliphatic heterocycles. The van der Waals surface area contributed by atoms with Crippen molar-refractivity contribution in [1.29, 1.82) is 0 Å². The van der Waals surface area contributed by atoms with E-state index in [9.17, 15) is 8.78 Å². The zero-order valence-electron chi connectivity index (χ0n) is 10.9. The number of aliphatic hydroxyl groups is 1. The summed E-state index contributed by atoms with van der Waals surface area (Å²) >= 11 is 0. The summed E-state index contributed by atoms with van der Waals surface area (Å²) in [7, 11) is 0. The molecule has 0 aromatic heterocycles. The van der Waals surface area contributed by atoms with Gasteiger partial charge in [-0.15, -0.1) is 0 Å². The first-order valence-electron chi connectivity index (χ1n) is 6.30. The van der Waals surface area contributed by atoms with Crippen molar-refractivity contribution in [3.63, 3.8) is 0 Å². The van der Waals surface area contributed by atoms with E-state index in [1.165, 1.54) is 6.07 Å². The fourth-order valence-corrected chi connectivity index (χ4v) is 1.73. The summed E-state index contributed by atoms with van der Waals surface area (Å²) in [6.07, 6.45) is 0.646. The van der Waals surface area contributed by atoms with Gasteiger partial charge in [0.1, 0.15) is 0 Å². The van der Waals surface area contributed by atoms with E-state index in [-0.39, 0.29) is 12.5 Å². The van der Waals surface area contributed by atoms with Crippen molar-refractivity contribution in [3.8, 4) is 0 Å². The maximum atomic E-state index is 12.9. The highest BCUT2D eigenvalue weighted by atomic mass is 19.2. The summed E-state index contributed by atoms with van der Waals surface area (Å²) in [5, 5.41) is 12.4. The van der Waals surface area contributed by atoms with Crippen LogP contribution in [-0.2, 0) is 6.42 Å². The maximum Gasteiger partial charge on any atom is 0.159 e. The summed E-state index contributed by atoms with van der Waals surface area (Å²) in [4.78, 5) is 0. The van der Waals surface area contributed by atoms with Crippen LogP contribution in [0.2, 0.25) is 0 Å². The van der Waals surface area contributed by atoms with Crippen LogP contribution in [0.4, 0.5) is 8.78 Å². The van der Waals surface area contributed by atoms with Crippen molar-refractivity contribution in [3.05, 3.63) is 35.4 Å². The average Bonchev–Trinajstić information content (AvgIpc) is 2.33. The largest absolute Gasteiger partial charge is 0.396 e. The Kier molecular flexibility index (Phi) is 6.22. The van der Waals surface area contributed by atoms with E-state index in [2.05, 4.69) is 19.2 Å². The van der Waals surface area contributed by atoms with Crippen molar-refractivity contribution in [2.24, 2.45) is 11.8 Å². The Morgan fingerprint density at radius 2 is 1.94 bits per heavy atom. The van der Waals surface area contributed by atoms with E-state index in [0.717, 1.165) is 18.2 Å². The molecule has 0 saturated heterocycles. The molecular weight excluding hydrogens is 236 g/mol. The quantitative estimate of drug-likeness (QED) is 0.735. The Morgan fingerprint density at radius 3 is 2.50 bits per heavy atom. The molecule has 0 fully saturated rings. The normalized spacial score (nSPS) is 13.0. The number of hydrogen-bond acceptors (Lipinski definition) is 2. The number of rotatable bonds is 7. The van der Waals surface area contributed by atoms with Crippen molar-refractivity contribution >= 4 is 0 Å². The molecule has 102 valence electrons. The minimum Gasteiger partial charge on any atom is -0.396 e. The van der Waals surface area contributed by atoms with Crippen LogP contribution in [0.3, 0.4) is 0 Å². The van der Waals surface area contributed by atoms with Gasteiger partial charge in [-0.3, -0.25) is 0 Å². The molecule has 0 heterocycles. The van der Waals surface area contributed by atoms with Crippen LogP contribution in [-0.4, -0.2) is 24.8 Å². The Labute approximate surface area is 107 Å². The second-order valence-corrected chi connectivity index (χ2v) is 4.89. The number of benzene rings is 1. The van der Waals surface area contributed by atoms with Gasteiger partial charge in [0, 0.05) is 13.2 Å². The van der Waals surface area contributed by atoms with Gasteiger partial charge in [-0.2, -0.15) is 0 Å². The third kappa shape index (κ3) is 4.70. The molecule has 0 saturated carbocycles. The SMILES string of the molecule is CC(C)C(CO)CNCCc1ccc(F)c(F)c1. The average molecular weight is 257 g/mol. The smallest absolute Gasteiger partial charge is 0.159 e. The minimum atomic E-state index is -0.813. The Bertz CT molecular complexity index is 369. The molecule has 0 radical (unpaired) electrons. The van der Waals surface area contributed by atoms with E-state index in [1.807, 2.05) is 0 Å². The van der Waals surface area contributed by atoms with Gasteiger partial charge in [0.15, 0.2) is 11.6 Å². The summed E-state index contributed by atoms with van der Waals surface area (Å²) in [6, 6.07) is 3.96. The standard InChI is InChI=1S/C14H21F2NO/c1-10(2)12(9-18)8-17-6-5-11-3-4-13(15)14(16)7-11/h3-4,7,10,12,17-18H,5-6,8-9H2,1-2H3. The summed E-state index contributed by atoms with van der Waals surface area (Å²) in [6.45, 7) is 5.72. The minimum absolute atomic E-state index is 0.163. The molecule has 18 heavy (non-hydrogen) atoms. The summed E-state index contributed by atoms with van der Waals surface area (Å²) in [5.41, 5.74) is 0.770. The van der Waals surface area contributed by atoms with E-state index in [1.54, 1.807) is 6.07 Å². The van der Waals surface area contributed by atoms with E-state index < -0.39 is 11.6 Å². The topological polar surface area (TPSA) is 32.3 Å². The highest BCUT2D eigenvalue weighted by molar-refractivity contribution is 5.17. The van der Waals surface area contributed by atoms with Crippen molar-refractivity contribution < 1.29 is 13.9 Å². The molecule has 0 aliphatic carbocycles. The molecule has 1 unspecified atom stereocenters. The fourth-order valence-electron chi connectivity index (χ4n) is 1.73. The third-order valence-corrected chi connectivity index (χ3v) is 3.16. The monoisotopic (exact) mass is 257 g/mol. The maximum absolute atomic E-state index is 12.9. The molecule has 1 aromatic carbocycles. The first-order chi connectivity index (χ1) is 8.54. The Morgan fingerprint density at radius 1 is 1.22 bits per heavy atom. The van der Waals surface area contributed by atoms with Gasteiger partial charge >= 0.3 is 0 Å². The van der Waals surface area contributed by atoms with Crippen molar-refractivity contribution in [1.82, 2.24) is 5.32 Å². The Balaban J connectivity index is 2.31. The Hall–Kier alpha value is -1.00. The molecule has 0 amide bonds. The lowest BCUT2D eigenvalue weighted by Crippen LogP contribution is -2.30. The van der Waals surface area contributed by atoms with Crippen LogP contribution in [0.5, 0.6) is 0 Å². The number of hydrogen-bond donors (Lipinski definition) is 2.